The van der Waals surface area contributed by atoms with Crippen LogP contribution in [0.5, 0.6) is 0 Å². The van der Waals surface area contributed by atoms with Crippen LogP contribution in [-0.2, 0) is 56.8 Å². The van der Waals surface area contributed by atoms with Gasteiger partial charge in [-0.3, -0.25) is 0 Å². The summed E-state index contributed by atoms with van der Waals surface area (Å²) in [6, 6.07) is 0. The van der Waals surface area contributed by atoms with Crippen molar-refractivity contribution in [3.63, 3.8) is 0 Å². The molecule has 0 unspecified atom stereocenters. The molecule has 0 bridgehead atoms. The van der Waals surface area contributed by atoms with Crippen LogP contribution in [0, 0.1) is 24.7 Å². The fraction of sp³-hybridized carbons (Fsp3) is 0.857. The molecule has 0 amide bonds. The van der Waals surface area contributed by atoms with Gasteiger partial charge in [0.1, 0.15) is 13.2 Å². The lowest BCUT2D eigenvalue weighted by atomic mass is 10.6. The van der Waals surface area contributed by atoms with Gasteiger partial charge in [0.05, 0.1) is 145 Å². The van der Waals surface area contributed by atoms with E-state index in [-0.39, 0.29) is 0 Å². The van der Waals surface area contributed by atoms with Crippen molar-refractivity contribution in [3.05, 3.63) is 0 Å². The minimum absolute atomic E-state index is 0.307. The van der Waals surface area contributed by atoms with Gasteiger partial charge in [0.15, 0.2) is 0 Å². The zero-order valence-corrected chi connectivity index (χ0v) is 24.0. The second-order valence-electron chi connectivity index (χ2n) is 7.64. The van der Waals surface area contributed by atoms with Gasteiger partial charge < -0.3 is 56.8 Å². The van der Waals surface area contributed by atoms with Crippen LogP contribution in [0.3, 0.4) is 0 Å². The fourth-order valence-electron chi connectivity index (χ4n) is 2.58. The summed E-state index contributed by atoms with van der Waals surface area (Å²) in [5.74, 6) is 4.79. The summed E-state index contributed by atoms with van der Waals surface area (Å²) in [5, 5.41) is 0. The average Bonchev–Trinajstić information content (AvgIpc) is 2.97. The number of ether oxygens (including phenoxy) is 12. The van der Waals surface area contributed by atoms with Crippen molar-refractivity contribution in [2.75, 3.05) is 159 Å². The Kier molecular flexibility index (Phi) is 36.4. The molecule has 0 aromatic rings. The Labute approximate surface area is 240 Å². The molecule has 12 heteroatoms. The Hall–Kier alpha value is -1.36. The van der Waals surface area contributed by atoms with Crippen molar-refractivity contribution < 1.29 is 56.8 Å². The van der Waals surface area contributed by atoms with E-state index in [4.69, 9.17) is 69.7 Å². The molecule has 0 aliphatic rings. The quantitative estimate of drug-likeness (QED) is 0.0769. The molecule has 12 nitrogen and oxygen atoms in total. The molecule has 0 rings (SSSR count). The molecule has 40 heavy (non-hydrogen) atoms. The topological polar surface area (TPSA) is 111 Å². The molecule has 0 aliphatic heterocycles. The van der Waals surface area contributed by atoms with Crippen LogP contribution in [0.4, 0.5) is 0 Å². The second-order valence-corrected chi connectivity index (χ2v) is 7.64. The normalized spacial score (nSPS) is 11.1. The smallest absolute Gasteiger partial charge is 0.107 e. The van der Waals surface area contributed by atoms with Crippen molar-refractivity contribution in [2.24, 2.45) is 0 Å². The first-order valence-electron chi connectivity index (χ1n) is 13.7. The molecule has 0 radical (unpaired) electrons. The maximum absolute atomic E-state index is 5.45. The Morgan fingerprint density at radius 1 is 0.225 bits per heavy atom. The van der Waals surface area contributed by atoms with Crippen LogP contribution >= 0.6 is 0 Å². The molecule has 0 fully saturated rings. The molecule has 0 saturated heterocycles. The first kappa shape index (κ1) is 38.6. The highest BCUT2D eigenvalue weighted by Gasteiger charge is 1.96. The minimum Gasteiger partial charge on any atom is -0.377 e. The van der Waals surface area contributed by atoms with Crippen molar-refractivity contribution in [3.8, 4) is 24.7 Å². The summed E-state index contributed by atoms with van der Waals surface area (Å²) in [5.41, 5.74) is 0. The van der Waals surface area contributed by atoms with Crippen LogP contribution in [0.2, 0.25) is 0 Å². The Morgan fingerprint density at radius 2 is 0.350 bits per heavy atom. The van der Waals surface area contributed by atoms with E-state index in [1.54, 1.807) is 0 Å². The Morgan fingerprint density at radius 3 is 0.475 bits per heavy atom. The molecule has 0 aromatic heterocycles. The van der Waals surface area contributed by atoms with Crippen molar-refractivity contribution in [1.29, 1.82) is 0 Å². The highest BCUT2D eigenvalue weighted by Crippen LogP contribution is 1.87. The highest BCUT2D eigenvalue weighted by molar-refractivity contribution is 4.83. The van der Waals surface area contributed by atoms with E-state index in [0.717, 1.165) is 0 Å². The molecule has 234 valence electrons. The van der Waals surface area contributed by atoms with Crippen LogP contribution in [0.1, 0.15) is 0 Å². The molecule has 0 atom stereocenters. The lowest BCUT2D eigenvalue weighted by Crippen LogP contribution is -2.15. The second kappa shape index (κ2) is 37.6. The predicted octanol–water partition coefficient (Wildman–Crippen LogP) is 0.452. The van der Waals surface area contributed by atoms with E-state index < -0.39 is 0 Å². The van der Waals surface area contributed by atoms with Crippen molar-refractivity contribution in [1.82, 2.24) is 0 Å². The van der Waals surface area contributed by atoms with Crippen LogP contribution in [0.25, 0.3) is 0 Å². The highest BCUT2D eigenvalue weighted by atomic mass is 16.6. The lowest BCUT2D eigenvalue weighted by Gasteiger charge is -2.09. The third-order valence-electron chi connectivity index (χ3n) is 4.46. The van der Waals surface area contributed by atoms with Gasteiger partial charge in [-0.05, 0) is 0 Å². The van der Waals surface area contributed by atoms with E-state index in [0.29, 0.717) is 159 Å². The largest absolute Gasteiger partial charge is 0.377 e. The fourth-order valence-corrected chi connectivity index (χ4v) is 2.58. The van der Waals surface area contributed by atoms with E-state index >= 15 is 0 Å². The first-order valence-corrected chi connectivity index (χ1v) is 13.7. The van der Waals surface area contributed by atoms with Gasteiger partial charge in [0.2, 0.25) is 0 Å². The van der Waals surface area contributed by atoms with E-state index in [1.165, 1.54) is 0 Å². The van der Waals surface area contributed by atoms with E-state index in [1.807, 2.05) is 0 Å². The van der Waals surface area contributed by atoms with Crippen LogP contribution in [-0.4, -0.2) is 159 Å². The molecular weight excluding hydrogens is 528 g/mol. The van der Waals surface area contributed by atoms with Crippen LogP contribution < -0.4 is 0 Å². The molecule has 0 spiro atoms. The summed E-state index contributed by atoms with van der Waals surface area (Å²) >= 11 is 0. The molecule has 0 saturated carbocycles. The number of hydrogen-bond donors (Lipinski definition) is 0. The van der Waals surface area contributed by atoms with Crippen molar-refractivity contribution in [2.45, 2.75) is 0 Å². The average molecular weight is 579 g/mol. The number of hydrogen-bond acceptors (Lipinski definition) is 12. The van der Waals surface area contributed by atoms with Crippen molar-refractivity contribution >= 4 is 0 Å². The van der Waals surface area contributed by atoms with Gasteiger partial charge in [-0.2, -0.15) is 0 Å². The summed E-state index contributed by atoms with van der Waals surface area (Å²) in [6.07, 6.45) is 10.1. The third-order valence-corrected chi connectivity index (χ3v) is 4.46. The first-order chi connectivity index (χ1) is 19.9. The molecular formula is C28H50O12. The monoisotopic (exact) mass is 578 g/mol. The zero-order chi connectivity index (χ0) is 28.9. The van der Waals surface area contributed by atoms with Gasteiger partial charge in [0, 0.05) is 0 Å². The summed E-state index contributed by atoms with van der Waals surface area (Å²) < 4.78 is 64.3. The summed E-state index contributed by atoms with van der Waals surface area (Å²) in [4.78, 5) is 0. The molecule has 0 aromatic carbocycles. The van der Waals surface area contributed by atoms with Gasteiger partial charge >= 0.3 is 0 Å². The van der Waals surface area contributed by atoms with Gasteiger partial charge in [-0.1, -0.05) is 11.8 Å². The van der Waals surface area contributed by atoms with Gasteiger partial charge in [0.25, 0.3) is 0 Å². The molecule has 0 N–H and O–H groups in total. The Balaban J connectivity index is 3.02. The summed E-state index contributed by atoms with van der Waals surface area (Å²) in [7, 11) is 0. The van der Waals surface area contributed by atoms with Crippen LogP contribution in [0.15, 0.2) is 0 Å². The van der Waals surface area contributed by atoms with E-state index in [9.17, 15) is 0 Å². The summed E-state index contributed by atoms with van der Waals surface area (Å²) in [6.45, 7) is 11.8. The van der Waals surface area contributed by atoms with Gasteiger partial charge in [-0.15, -0.1) is 12.8 Å². The van der Waals surface area contributed by atoms with E-state index in [2.05, 4.69) is 11.8 Å². The predicted molar refractivity (Wildman–Crippen MR) is 147 cm³/mol. The van der Waals surface area contributed by atoms with Gasteiger partial charge in [-0.25, -0.2) is 0 Å². The number of rotatable bonds is 35. The minimum atomic E-state index is 0.307. The molecule has 0 heterocycles. The third kappa shape index (κ3) is 36.6. The standard InChI is InChI=1S/C28H50O12/c1-3-5-29-7-9-31-11-13-33-15-17-35-19-21-37-23-25-39-27-28-40-26-24-38-22-20-36-18-16-34-14-12-32-10-8-30-6-4-2/h1-2H,5-28H2. The maximum atomic E-state index is 5.45. The zero-order valence-electron chi connectivity index (χ0n) is 24.0. The Bertz CT molecular complexity index is 504. The number of terminal acetylenes is 2. The molecule has 0 aliphatic carbocycles. The lowest BCUT2D eigenvalue weighted by molar-refractivity contribution is -0.0279. The SMILES string of the molecule is C#CCOCCOCCOCCOCCOCCOCCOCCOCCOCCOCCOCCOCC#C. The maximum Gasteiger partial charge on any atom is 0.107 e.